The van der Waals surface area contributed by atoms with Crippen LogP contribution in [-0.2, 0) is 5.41 Å². The number of hydrogen-bond donors (Lipinski definition) is 3. The third-order valence-electron chi connectivity index (χ3n) is 4.58. The van der Waals surface area contributed by atoms with Crippen LogP contribution in [0.5, 0.6) is 17.2 Å². The van der Waals surface area contributed by atoms with Gasteiger partial charge in [-0.1, -0.05) is 18.2 Å². The molecule has 3 rings (SSSR count). The third-order valence-corrected chi connectivity index (χ3v) is 6.48. The van der Waals surface area contributed by atoms with Crippen molar-refractivity contribution in [3.63, 3.8) is 0 Å². The first-order valence-corrected chi connectivity index (χ1v) is 10.1. The number of rotatable bonds is 3. The summed E-state index contributed by atoms with van der Waals surface area (Å²) in [7, 11) is 0. The maximum Gasteiger partial charge on any atom is 0.129 e. The van der Waals surface area contributed by atoms with Gasteiger partial charge in [0.1, 0.15) is 17.2 Å². The number of phenolic OH excluding ortho intramolecular Hbond substituents is 3. The van der Waals surface area contributed by atoms with Crippen LogP contribution in [0.4, 0.5) is 0 Å². The molecule has 0 fully saturated rings. The van der Waals surface area contributed by atoms with Crippen molar-refractivity contribution in [1.82, 2.24) is 0 Å². The maximum absolute atomic E-state index is 9.88. The number of hydrogen-bond acceptors (Lipinski definition) is 3. The Kier molecular flexibility index (Phi) is 5.37. The van der Waals surface area contributed by atoms with E-state index in [4.69, 9.17) is 0 Å². The van der Waals surface area contributed by atoms with Gasteiger partial charge in [0.15, 0.2) is 0 Å². The molecule has 0 aliphatic carbocycles. The molecule has 0 aliphatic heterocycles. The quantitative estimate of drug-likeness (QED) is 0.334. The maximum atomic E-state index is 9.88. The van der Waals surface area contributed by atoms with Crippen molar-refractivity contribution in [2.75, 3.05) is 0 Å². The Morgan fingerprint density at radius 3 is 1.08 bits per heavy atom. The topological polar surface area (TPSA) is 60.7 Å². The molecule has 3 N–H and O–H groups in total. The fourth-order valence-corrected chi connectivity index (χ4v) is 4.09. The van der Waals surface area contributed by atoms with E-state index in [2.05, 4.69) is 54.7 Å². The number of halogens is 3. The summed E-state index contributed by atoms with van der Waals surface area (Å²) in [5.41, 5.74) is 2.23. The molecule has 0 unspecified atom stereocenters. The van der Waals surface area contributed by atoms with Crippen molar-refractivity contribution in [3.8, 4) is 17.2 Å². The Bertz CT molecular complexity index is 861. The normalized spacial score (nSPS) is 11.5. The summed E-state index contributed by atoms with van der Waals surface area (Å²) in [5, 5.41) is 29.7. The monoisotopic (exact) mass is 540 g/mol. The lowest BCUT2D eigenvalue weighted by molar-refractivity contribution is 0.470. The van der Waals surface area contributed by atoms with Crippen molar-refractivity contribution in [2.45, 2.75) is 12.3 Å². The van der Waals surface area contributed by atoms with Gasteiger partial charge in [0.25, 0.3) is 0 Å². The highest BCUT2D eigenvalue weighted by Gasteiger charge is 2.32. The largest absolute Gasteiger partial charge is 0.507 e. The molecule has 0 amide bonds. The molecule has 0 aliphatic rings. The van der Waals surface area contributed by atoms with Gasteiger partial charge in [-0.25, -0.2) is 0 Å². The van der Waals surface area contributed by atoms with E-state index >= 15 is 0 Å². The summed E-state index contributed by atoms with van der Waals surface area (Å²) >= 11 is 10.2. The van der Waals surface area contributed by atoms with Gasteiger partial charge in [-0.05, 0) is 108 Å². The van der Waals surface area contributed by atoms with Gasteiger partial charge in [0.2, 0.25) is 0 Å². The second-order valence-electron chi connectivity index (χ2n) is 6.12. The highest BCUT2D eigenvalue weighted by atomic mass is 79.9. The zero-order chi connectivity index (χ0) is 19.1. The molecule has 134 valence electrons. The highest BCUT2D eigenvalue weighted by molar-refractivity contribution is 9.11. The van der Waals surface area contributed by atoms with Crippen LogP contribution in [0.2, 0.25) is 0 Å². The van der Waals surface area contributed by atoms with Gasteiger partial charge >= 0.3 is 0 Å². The van der Waals surface area contributed by atoms with E-state index in [1.807, 2.05) is 36.4 Å². The highest BCUT2D eigenvalue weighted by Crippen LogP contribution is 2.44. The fourth-order valence-electron chi connectivity index (χ4n) is 2.95. The van der Waals surface area contributed by atoms with E-state index in [1.165, 1.54) is 0 Å². The Morgan fingerprint density at radius 2 is 0.846 bits per heavy atom. The van der Waals surface area contributed by atoms with E-state index in [1.54, 1.807) is 18.2 Å². The first-order valence-electron chi connectivity index (χ1n) is 7.70. The van der Waals surface area contributed by atoms with Crippen LogP contribution in [0.1, 0.15) is 23.6 Å². The van der Waals surface area contributed by atoms with E-state index in [-0.39, 0.29) is 17.2 Å². The van der Waals surface area contributed by atoms with Gasteiger partial charge in [-0.15, -0.1) is 0 Å². The molecule has 0 radical (unpaired) electrons. The Hall–Kier alpha value is -1.50. The summed E-state index contributed by atoms with van der Waals surface area (Å²) < 4.78 is 1.78. The predicted octanol–water partition coefficient (Wildman–Crippen LogP) is 6.45. The molecule has 0 spiro atoms. The van der Waals surface area contributed by atoms with Crippen molar-refractivity contribution in [2.24, 2.45) is 0 Å². The fraction of sp³-hybridized carbons (Fsp3) is 0.100. The minimum absolute atomic E-state index is 0.162. The number of benzene rings is 3. The molecule has 6 heteroatoms. The van der Waals surface area contributed by atoms with Gasteiger partial charge in [-0.2, -0.15) is 0 Å². The lowest BCUT2D eigenvalue weighted by Gasteiger charge is -2.32. The van der Waals surface area contributed by atoms with E-state index < -0.39 is 5.41 Å². The summed E-state index contributed by atoms with van der Waals surface area (Å²) in [6.07, 6.45) is 0. The van der Waals surface area contributed by atoms with E-state index in [0.717, 1.165) is 16.7 Å². The number of phenols is 3. The molecule has 26 heavy (non-hydrogen) atoms. The summed E-state index contributed by atoms with van der Waals surface area (Å²) in [5.74, 6) is 0.486. The summed E-state index contributed by atoms with van der Waals surface area (Å²) in [6.45, 7) is 2.06. The summed E-state index contributed by atoms with van der Waals surface area (Å²) in [6, 6.07) is 16.1. The van der Waals surface area contributed by atoms with E-state index in [0.29, 0.717) is 13.4 Å². The van der Waals surface area contributed by atoms with Crippen LogP contribution < -0.4 is 0 Å². The second-order valence-corrected chi connectivity index (χ2v) is 8.69. The van der Waals surface area contributed by atoms with E-state index in [9.17, 15) is 15.3 Å². The van der Waals surface area contributed by atoms with Crippen LogP contribution in [-0.4, -0.2) is 15.3 Å². The average Bonchev–Trinajstić information content (AvgIpc) is 2.61. The minimum Gasteiger partial charge on any atom is -0.507 e. The first kappa shape index (κ1) is 19.3. The standard InChI is InChI=1S/C20H15Br3O3/c1-20(11-2-5-17(24)14(21)8-11,12-3-6-18(25)15(22)9-12)13-4-7-19(26)16(23)10-13/h2-10,24-26H,1H3. The van der Waals surface area contributed by atoms with Crippen molar-refractivity contribution in [3.05, 3.63) is 84.7 Å². The Balaban J connectivity index is 2.31. The molecule has 3 aromatic rings. The van der Waals surface area contributed by atoms with Gasteiger partial charge in [-0.3, -0.25) is 0 Å². The van der Waals surface area contributed by atoms with Gasteiger partial charge in [0, 0.05) is 5.41 Å². The van der Waals surface area contributed by atoms with Crippen LogP contribution in [0, 0.1) is 0 Å². The molecule has 0 saturated heterocycles. The second kappa shape index (κ2) is 7.25. The van der Waals surface area contributed by atoms with Gasteiger partial charge < -0.3 is 15.3 Å². The molecule has 0 atom stereocenters. The van der Waals surface area contributed by atoms with Crippen molar-refractivity contribution in [1.29, 1.82) is 0 Å². The van der Waals surface area contributed by atoms with Crippen LogP contribution in [0.3, 0.4) is 0 Å². The predicted molar refractivity (Wildman–Crippen MR) is 113 cm³/mol. The molecule has 0 bridgehead atoms. The smallest absolute Gasteiger partial charge is 0.129 e. The third kappa shape index (κ3) is 3.38. The molecule has 0 aromatic heterocycles. The lowest BCUT2D eigenvalue weighted by Crippen LogP contribution is -2.25. The molecule has 3 nitrogen and oxygen atoms in total. The first-order chi connectivity index (χ1) is 12.2. The molecule has 0 heterocycles. The van der Waals surface area contributed by atoms with Crippen LogP contribution in [0.15, 0.2) is 68.0 Å². The van der Waals surface area contributed by atoms with Crippen molar-refractivity contribution < 1.29 is 15.3 Å². The van der Waals surface area contributed by atoms with Crippen LogP contribution in [0.25, 0.3) is 0 Å². The van der Waals surface area contributed by atoms with Crippen LogP contribution >= 0.6 is 47.8 Å². The minimum atomic E-state index is -0.595. The molecular weight excluding hydrogens is 528 g/mol. The lowest BCUT2D eigenvalue weighted by atomic mass is 9.71. The average molecular weight is 543 g/mol. The van der Waals surface area contributed by atoms with Gasteiger partial charge in [0.05, 0.1) is 13.4 Å². The number of aromatic hydroxyl groups is 3. The summed E-state index contributed by atoms with van der Waals surface area (Å²) in [4.78, 5) is 0. The Morgan fingerprint density at radius 1 is 0.577 bits per heavy atom. The molecular formula is C20H15Br3O3. The molecule has 0 saturated carbocycles. The Labute approximate surface area is 176 Å². The zero-order valence-electron chi connectivity index (χ0n) is 13.7. The van der Waals surface area contributed by atoms with Crippen molar-refractivity contribution >= 4 is 47.8 Å². The SMILES string of the molecule is CC(c1ccc(O)c(Br)c1)(c1ccc(O)c(Br)c1)c1ccc(O)c(Br)c1. The zero-order valence-corrected chi connectivity index (χ0v) is 18.4. The molecule has 3 aromatic carbocycles.